The van der Waals surface area contributed by atoms with Gasteiger partial charge in [0.05, 0.1) is 7.11 Å². The third-order valence-electron chi connectivity index (χ3n) is 5.31. The number of alkyl halides is 3. The van der Waals surface area contributed by atoms with Gasteiger partial charge in [0.25, 0.3) is 0 Å². The Hall–Kier alpha value is -1.89. The van der Waals surface area contributed by atoms with Gasteiger partial charge in [-0.1, -0.05) is 24.3 Å². The number of ether oxygens (including phenoxy) is 1. The second kappa shape index (κ2) is 5.31. The number of aliphatic hydroxyl groups is 1. The Morgan fingerprint density at radius 2 is 1.92 bits per heavy atom. The fraction of sp³-hybridized carbons (Fsp3) is 0.529. The Kier molecular flexibility index (Phi) is 3.75. The zero-order valence-corrected chi connectivity index (χ0v) is 13.0. The average molecular weight is 342 g/mol. The van der Waals surface area contributed by atoms with Gasteiger partial charge in [-0.25, -0.2) is 0 Å². The van der Waals surface area contributed by atoms with Crippen LogP contribution in [0.4, 0.5) is 13.2 Å². The van der Waals surface area contributed by atoms with E-state index in [-0.39, 0.29) is 24.8 Å². The van der Waals surface area contributed by atoms with Crippen molar-refractivity contribution in [1.82, 2.24) is 0 Å². The lowest BCUT2D eigenvalue weighted by atomic mass is 9.66. The van der Waals surface area contributed by atoms with Crippen molar-refractivity contribution in [2.75, 3.05) is 7.11 Å². The van der Waals surface area contributed by atoms with Crippen molar-refractivity contribution in [3.05, 3.63) is 35.4 Å². The van der Waals surface area contributed by atoms with Crippen LogP contribution in [-0.2, 0) is 25.3 Å². The first-order valence-electron chi connectivity index (χ1n) is 7.64. The molecule has 2 unspecified atom stereocenters. The quantitative estimate of drug-likeness (QED) is 0.629. The summed E-state index contributed by atoms with van der Waals surface area (Å²) in [5.74, 6) is -2.03. The standard InChI is InChI=1S/C17H17F3O4/c1-24-14(22)10-6-7-15(8-13(10)21)9-16(23,17(18,19)20)12-5-3-2-4-11(12)15/h2-5,10,23H,6-9H2,1H3/t10?,15-,16?/m0/s1. The number of benzene rings is 1. The van der Waals surface area contributed by atoms with Crippen LogP contribution in [-0.4, -0.2) is 30.1 Å². The number of carbonyl (C=O) groups is 2. The Balaban J connectivity index is 2.02. The van der Waals surface area contributed by atoms with Crippen LogP contribution in [0, 0.1) is 5.92 Å². The second-order valence-corrected chi connectivity index (χ2v) is 6.62. The van der Waals surface area contributed by atoms with Gasteiger partial charge in [0, 0.05) is 11.8 Å². The van der Waals surface area contributed by atoms with E-state index >= 15 is 0 Å². The van der Waals surface area contributed by atoms with Crippen molar-refractivity contribution >= 4 is 11.8 Å². The normalized spacial score (nSPS) is 32.7. The molecule has 3 rings (SSSR count). The van der Waals surface area contributed by atoms with Gasteiger partial charge in [0.2, 0.25) is 0 Å². The molecule has 0 aliphatic heterocycles. The SMILES string of the molecule is COC(=O)C1CC[C@]2(CC1=O)CC(O)(C(F)(F)F)c1ccccc12. The first-order valence-corrected chi connectivity index (χ1v) is 7.64. The van der Waals surface area contributed by atoms with Crippen LogP contribution in [0.1, 0.15) is 36.8 Å². The predicted molar refractivity (Wildman–Crippen MR) is 77.1 cm³/mol. The van der Waals surface area contributed by atoms with Crippen LogP contribution in [0.15, 0.2) is 24.3 Å². The summed E-state index contributed by atoms with van der Waals surface area (Å²) in [6.07, 6.45) is -5.30. The Bertz CT molecular complexity index is 699. The fourth-order valence-corrected chi connectivity index (χ4v) is 4.14. The van der Waals surface area contributed by atoms with Crippen LogP contribution < -0.4 is 0 Å². The summed E-state index contributed by atoms with van der Waals surface area (Å²) in [6, 6.07) is 5.83. The molecule has 0 radical (unpaired) electrons. The van der Waals surface area contributed by atoms with Crippen LogP contribution in [0.25, 0.3) is 0 Å². The lowest BCUT2D eigenvalue weighted by Crippen LogP contribution is -2.45. The summed E-state index contributed by atoms with van der Waals surface area (Å²) in [7, 11) is 1.17. The maximum absolute atomic E-state index is 13.5. The zero-order valence-electron chi connectivity index (χ0n) is 13.0. The van der Waals surface area contributed by atoms with Gasteiger partial charge in [-0.05, 0) is 30.4 Å². The molecule has 2 aliphatic rings. The van der Waals surface area contributed by atoms with Crippen molar-refractivity contribution in [3.63, 3.8) is 0 Å². The molecule has 0 amide bonds. The highest BCUT2D eigenvalue weighted by Gasteiger charge is 2.65. The highest BCUT2D eigenvalue weighted by atomic mass is 19.4. The van der Waals surface area contributed by atoms with E-state index in [0.29, 0.717) is 5.56 Å². The summed E-state index contributed by atoms with van der Waals surface area (Å²) in [5.41, 5.74) is -3.91. The van der Waals surface area contributed by atoms with E-state index in [1.165, 1.54) is 25.3 Å². The molecule has 0 saturated heterocycles. The second-order valence-electron chi connectivity index (χ2n) is 6.62. The summed E-state index contributed by atoms with van der Waals surface area (Å²) in [6.45, 7) is 0. The lowest BCUT2D eigenvalue weighted by Gasteiger charge is -2.37. The summed E-state index contributed by atoms with van der Waals surface area (Å²) >= 11 is 0. The fourth-order valence-electron chi connectivity index (χ4n) is 4.14. The van der Waals surface area contributed by atoms with Gasteiger partial charge in [0.15, 0.2) is 5.60 Å². The smallest absolute Gasteiger partial charge is 0.421 e. The molecule has 1 aromatic rings. The van der Waals surface area contributed by atoms with E-state index in [2.05, 4.69) is 4.74 Å². The monoisotopic (exact) mass is 342 g/mol. The topological polar surface area (TPSA) is 63.6 Å². The minimum absolute atomic E-state index is 0.119. The van der Waals surface area contributed by atoms with E-state index < -0.39 is 41.3 Å². The van der Waals surface area contributed by atoms with Crippen LogP contribution in [0.3, 0.4) is 0 Å². The van der Waals surface area contributed by atoms with E-state index in [0.717, 1.165) is 0 Å². The van der Waals surface area contributed by atoms with Crippen molar-refractivity contribution in [2.24, 2.45) is 5.92 Å². The van der Waals surface area contributed by atoms with E-state index in [1.54, 1.807) is 6.07 Å². The number of fused-ring (bicyclic) bond motifs is 2. The van der Waals surface area contributed by atoms with Gasteiger partial charge in [-0.3, -0.25) is 9.59 Å². The van der Waals surface area contributed by atoms with Gasteiger partial charge in [-0.2, -0.15) is 13.2 Å². The minimum Gasteiger partial charge on any atom is -0.468 e. The number of methoxy groups -OCH3 is 1. The Morgan fingerprint density at radius 1 is 1.29 bits per heavy atom. The molecule has 1 fully saturated rings. The van der Waals surface area contributed by atoms with E-state index in [1.807, 2.05) is 0 Å². The van der Waals surface area contributed by atoms with Crippen LogP contribution in [0.2, 0.25) is 0 Å². The van der Waals surface area contributed by atoms with Crippen molar-refractivity contribution in [1.29, 1.82) is 0 Å². The van der Waals surface area contributed by atoms with Gasteiger partial charge in [-0.15, -0.1) is 0 Å². The van der Waals surface area contributed by atoms with Gasteiger partial charge < -0.3 is 9.84 Å². The Morgan fingerprint density at radius 3 is 2.46 bits per heavy atom. The van der Waals surface area contributed by atoms with Crippen molar-refractivity contribution < 1.29 is 32.6 Å². The number of hydrogen-bond donors (Lipinski definition) is 1. The third kappa shape index (κ3) is 2.25. The first kappa shape index (κ1) is 17.0. The molecular formula is C17H17F3O4. The number of ketones is 1. The van der Waals surface area contributed by atoms with Crippen molar-refractivity contribution in [2.45, 2.75) is 42.9 Å². The Labute approximate surface area is 136 Å². The number of Topliss-reactive ketones (excluding diaryl/α,β-unsaturated/α-hetero) is 1. The highest BCUT2D eigenvalue weighted by molar-refractivity contribution is 6.00. The molecule has 0 bridgehead atoms. The van der Waals surface area contributed by atoms with E-state index in [9.17, 15) is 27.9 Å². The number of hydrogen-bond acceptors (Lipinski definition) is 4. The summed E-state index contributed by atoms with van der Waals surface area (Å²) < 4.78 is 45.1. The van der Waals surface area contributed by atoms with Gasteiger partial charge in [0.1, 0.15) is 11.7 Å². The molecule has 0 heterocycles. The molecule has 1 spiro atoms. The predicted octanol–water partition coefficient (Wildman–Crippen LogP) is 2.62. The largest absolute Gasteiger partial charge is 0.468 e. The van der Waals surface area contributed by atoms with Crippen LogP contribution in [0.5, 0.6) is 0 Å². The molecule has 1 aromatic carbocycles. The molecule has 7 heteroatoms. The average Bonchev–Trinajstić information content (AvgIpc) is 2.77. The third-order valence-corrected chi connectivity index (χ3v) is 5.31. The highest BCUT2D eigenvalue weighted by Crippen LogP contribution is 2.59. The molecule has 2 aliphatic carbocycles. The maximum Gasteiger partial charge on any atom is 0.421 e. The molecule has 130 valence electrons. The summed E-state index contributed by atoms with van der Waals surface area (Å²) in [5, 5.41) is 10.4. The molecule has 1 N–H and O–H groups in total. The molecule has 4 nitrogen and oxygen atoms in total. The number of esters is 1. The summed E-state index contributed by atoms with van der Waals surface area (Å²) in [4.78, 5) is 24.0. The first-order chi connectivity index (χ1) is 11.1. The van der Waals surface area contributed by atoms with Crippen molar-refractivity contribution in [3.8, 4) is 0 Å². The number of halogens is 3. The molecule has 0 aromatic heterocycles. The molecule has 3 atom stereocenters. The molecule has 1 saturated carbocycles. The number of rotatable bonds is 1. The van der Waals surface area contributed by atoms with Gasteiger partial charge >= 0.3 is 12.1 Å². The molecular weight excluding hydrogens is 325 g/mol. The maximum atomic E-state index is 13.5. The molecule has 24 heavy (non-hydrogen) atoms. The zero-order chi connectivity index (χ0) is 17.8. The minimum atomic E-state index is -4.84. The van der Waals surface area contributed by atoms with E-state index in [4.69, 9.17) is 0 Å². The number of carbonyl (C=O) groups excluding carboxylic acids is 2. The lowest BCUT2D eigenvalue weighted by molar-refractivity contribution is -0.269. The van der Waals surface area contributed by atoms with Crippen LogP contribution >= 0.6 is 0 Å².